The van der Waals surface area contributed by atoms with Crippen LogP contribution in [0.2, 0.25) is 0 Å². The molecular weight excluding hydrogens is 238 g/mol. The molecule has 0 aromatic heterocycles. The van der Waals surface area contributed by atoms with Crippen molar-refractivity contribution < 1.29 is 5.11 Å². The number of hydrogen-bond donors (Lipinski definition) is 2. The molecule has 0 aromatic rings. The lowest BCUT2D eigenvalue weighted by molar-refractivity contribution is 0.108. The fourth-order valence-corrected chi connectivity index (χ4v) is 3.29. The third-order valence-corrected chi connectivity index (χ3v) is 4.98. The number of guanidine groups is 1. The number of aliphatic imine (C=N–C) groups is 1. The Bertz CT molecular complexity index is 339. The van der Waals surface area contributed by atoms with Gasteiger partial charge in [0.1, 0.15) is 0 Å². The highest BCUT2D eigenvalue weighted by Crippen LogP contribution is 2.61. The van der Waals surface area contributed by atoms with Crippen molar-refractivity contribution in [3.8, 4) is 0 Å². The fourth-order valence-electron chi connectivity index (χ4n) is 3.29. The van der Waals surface area contributed by atoms with Crippen molar-refractivity contribution >= 4 is 5.96 Å². The zero-order chi connectivity index (χ0) is 13.3. The van der Waals surface area contributed by atoms with Gasteiger partial charge in [-0.15, -0.1) is 0 Å². The summed E-state index contributed by atoms with van der Waals surface area (Å²) < 4.78 is 0. The lowest BCUT2D eigenvalue weighted by Crippen LogP contribution is -2.46. The van der Waals surface area contributed by atoms with Gasteiger partial charge in [-0.05, 0) is 56.8 Å². The molecule has 4 nitrogen and oxygen atoms in total. The number of rotatable bonds is 4. The van der Waals surface area contributed by atoms with Gasteiger partial charge in [-0.2, -0.15) is 0 Å². The molecule has 1 aliphatic heterocycles. The van der Waals surface area contributed by atoms with Gasteiger partial charge in [0.25, 0.3) is 0 Å². The minimum absolute atomic E-state index is 0.111. The summed E-state index contributed by atoms with van der Waals surface area (Å²) in [6.45, 7) is 5.93. The van der Waals surface area contributed by atoms with Gasteiger partial charge in [-0.25, -0.2) is 0 Å². The van der Waals surface area contributed by atoms with Crippen LogP contribution in [0.4, 0.5) is 0 Å². The maximum atomic E-state index is 9.60. The molecule has 3 fully saturated rings. The number of aliphatic hydroxyl groups is 1. The maximum Gasteiger partial charge on any atom is 0.193 e. The topological polar surface area (TPSA) is 47.9 Å². The van der Waals surface area contributed by atoms with E-state index in [0.29, 0.717) is 5.41 Å². The Morgan fingerprint density at radius 1 is 1.26 bits per heavy atom. The van der Waals surface area contributed by atoms with Crippen LogP contribution in [-0.2, 0) is 0 Å². The van der Waals surface area contributed by atoms with Crippen LogP contribution >= 0.6 is 0 Å². The Kier molecular flexibility index (Phi) is 3.70. The van der Waals surface area contributed by atoms with E-state index in [1.165, 1.54) is 25.7 Å². The molecule has 0 amide bonds. The van der Waals surface area contributed by atoms with Crippen LogP contribution in [0.5, 0.6) is 0 Å². The van der Waals surface area contributed by atoms with E-state index < -0.39 is 0 Å². The van der Waals surface area contributed by atoms with E-state index in [1.54, 1.807) is 0 Å². The molecule has 0 spiro atoms. The number of hydrogen-bond acceptors (Lipinski definition) is 2. The third kappa shape index (κ3) is 3.04. The van der Waals surface area contributed by atoms with Crippen molar-refractivity contribution in [1.82, 2.24) is 10.2 Å². The third-order valence-electron chi connectivity index (χ3n) is 4.98. The number of piperidine rings is 1. The largest absolute Gasteiger partial charge is 0.393 e. The molecule has 1 saturated heterocycles. The van der Waals surface area contributed by atoms with Gasteiger partial charge < -0.3 is 15.3 Å². The van der Waals surface area contributed by atoms with Crippen LogP contribution in [0.3, 0.4) is 0 Å². The summed E-state index contributed by atoms with van der Waals surface area (Å²) in [5, 5.41) is 13.0. The molecule has 0 atom stereocenters. The Balaban J connectivity index is 1.59. The maximum absolute atomic E-state index is 9.60. The van der Waals surface area contributed by atoms with Crippen molar-refractivity contribution in [3.05, 3.63) is 0 Å². The standard InChI is InChI=1S/C15H27N3O/c1-2-16-14(18-9-5-13(19)6-10-18)17-11-15(7-8-15)12-3-4-12/h12-13,19H,2-11H2,1H3,(H,16,17). The highest BCUT2D eigenvalue weighted by atomic mass is 16.3. The Morgan fingerprint density at radius 2 is 1.95 bits per heavy atom. The van der Waals surface area contributed by atoms with Crippen molar-refractivity contribution in [2.45, 2.75) is 51.6 Å². The molecule has 2 aliphatic carbocycles. The minimum atomic E-state index is -0.111. The van der Waals surface area contributed by atoms with Crippen LogP contribution in [0.25, 0.3) is 0 Å². The van der Waals surface area contributed by atoms with Gasteiger partial charge in [0.05, 0.1) is 6.10 Å². The van der Waals surface area contributed by atoms with Crippen molar-refractivity contribution in [3.63, 3.8) is 0 Å². The zero-order valence-electron chi connectivity index (χ0n) is 12.1. The second-order valence-electron chi connectivity index (χ2n) is 6.53. The van der Waals surface area contributed by atoms with Crippen molar-refractivity contribution in [1.29, 1.82) is 0 Å². The summed E-state index contributed by atoms with van der Waals surface area (Å²) in [5.41, 5.74) is 0.579. The molecule has 2 saturated carbocycles. The second-order valence-corrected chi connectivity index (χ2v) is 6.53. The highest BCUT2D eigenvalue weighted by molar-refractivity contribution is 5.80. The lowest BCUT2D eigenvalue weighted by Gasteiger charge is -2.32. The Morgan fingerprint density at radius 3 is 2.47 bits per heavy atom. The normalized spacial score (nSPS) is 27.5. The fraction of sp³-hybridized carbons (Fsp3) is 0.933. The Labute approximate surface area is 116 Å². The molecule has 3 rings (SSSR count). The minimum Gasteiger partial charge on any atom is -0.393 e. The van der Waals surface area contributed by atoms with Gasteiger partial charge in [-0.1, -0.05) is 0 Å². The zero-order valence-corrected chi connectivity index (χ0v) is 12.1. The van der Waals surface area contributed by atoms with Gasteiger partial charge in [0, 0.05) is 26.2 Å². The van der Waals surface area contributed by atoms with E-state index in [9.17, 15) is 5.11 Å². The summed E-state index contributed by atoms with van der Waals surface area (Å²) in [5.74, 6) is 2.05. The molecule has 4 heteroatoms. The highest BCUT2D eigenvalue weighted by Gasteiger charge is 2.53. The van der Waals surface area contributed by atoms with Crippen LogP contribution in [0.15, 0.2) is 4.99 Å². The van der Waals surface area contributed by atoms with E-state index in [-0.39, 0.29) is 6.10 Å². The van der Waals surface area contributed by atoms with Crippen molar-refractivity contribution in [2.75, 3.05) is 26.2 Å². The SMILES string of the molecule is CCNC(=NCC1(C2CC2)CC1)N1CCC(O)CC1. The Hall–Kier alpha value is -0.770. The quantitative estimate of drug-likeness (QED) is 0.599. The molecule has 0 bridgehead atoms. The number of nitrogens with zero attached hydrogens (tertiary/aromatic N) is 2. The summed E-state index contributed by atoms with van der Waals surface area (Å²) in [6.07, 6.45) is 7.28. The molecular formula is C15H27N3O. The van der Waals surface area contributed by atoms with Crippen molar-refractivity contribution in [2.24, 2.45) is 16.3 Å². The average Bonchev–Trinajstić information content (AvgIpc) is 3.28. The van der Waals surface area contributed by atoms with E-state index >= 15 is 0 Å². The first-order valence-electron chi connectivity index (χ1n) is 7.95. The van der Waals surface area contributed by atoms with E-state index in [1.807, 2.05) is 0 Å². The lowest BCUT2D eigenvalue weighted by atomic mass is 10.0. The van der Waals surface area contributed by atoms with Gasteiger partial charge in [0.2, 0.25) is 0 Å². The van der Waals surface area contributed by atoms with Crippen LogP contribution in [0, 0.1) is 11.3 Å². The predicted octanol–water partition coefficient (Wildman–Crippen LogP) is 1.60. The molecule has 0 unspecified atom stereocenters. The molecule has 108 valence electrons. The number of aliphatic hydroxyl groups excluding tert-OH is 1. The molecule has 2 N–H and O–H groups in total. The van der Waals surface area contributed by atoms with E-state index in [4.69, 9.17) is 4.99 Å². The first-order valence-corrected chi connectivity index (χ1v) is 7.95. The summed E-state index contributed by atoms with van der Waals surface area (Å²) in [4.78, 5) is 7.23. The predicted molar refractivity (Wildman–Crippen MR) is 77.2 cm³/mol. The first kappa shape index (κ1) is 13.2. The van der Waals surface area contributed by atoms with Gasteiger partial charge in [-0.3, -0.25) is 4.99 Å². The smallest absolute Gasteiger partial charge is 0.193 e. The molecule has 19 heavy (non-hydrogen) atoms. The van der Waals surface area contributed by atoms with Gasteiger partial charge in [0.15, 0.2) is 5.96 Å². The molecule has 3 aliphatic rings. The monoisotopic (exact) mass is 265 g/mol. The van der Waals surface area contributed by atoms with Crippen LogP contribution in [-0.4, -0.2) is 48.2 Å². The van der Waals surface area contributed by atoms with Crippen LogP contribution in [0.1, 0.15) is 45.4 Å². The second kappa shape index (κ2) is 5.31. The van der Waals surface area contributed by atoms with E-state index in [2.05, 4.69) is 17.1 Å². The first-order chi connectivity index (χ1) is 9.23. The summed E-state index contributed by atoms with van der Waals surface area (Å²) in [6, 6.07) is 0. The van der Waals surface area contributed by atoms with Crippen LogP contribution < -0.4 is 5.32 Å². The molecule has 1 heterocycles. The average molecular weight is 265 g/mol. The van der Waals surface area contributed by atoms with E-state index in [0.717, 1.165) is 50.9 Å². The summed E-state index contributed by atoms with van der Waals surface area (Å²) in [7, 11) is 0. The molecule has 0 radical (unpaired) electrons. The number of likely N-dealkylation sites (tertiary alicyclic amines) is 1. The molecule has 0 aromatic carbocycles. The van der Waals surface area contributed by atoms with Gasteiger partial charge >= 0.3 is 0 Å². The number of nitrogens with one attached hydrogen (secondary N) is 1. The summed E-state index contributed by atoms with van der Waals surface area (Å²) >= 11 is 0.